The zero-order valence-corrected chi connectivity index (χ0v) is 13.6. The number of carbonyl (C=O) groups is 2. The molecule has 1 aliphatic rings. The van der Waals surface area contributed by atoms with Crippen LogP contribution in [0.5, 0.6) is 5.75 Å². The van der Waals surface area contributed by atoms with Crippen molar-refractivity contribution in [1.29, 1.82) is 0 Å². The molecular weight excluding hydrogens is 296 g/mol. The molecule has 6 heteroatoms. The molecule has 0 aliphatic carbocycles. The maximum Gasteiger partial charge on any atom is 0.251 e. The Balaban J connectivity index is 2.03. The van der Waals surface area contributed by atoms with E-state index in [9.17, 15) is 14.7 Å². The molecule has 0 radical (unpaired) electrons. The lowest BCUT2D eigenvalue weighted by molar-refractivity contribution is -0.148. The van der Waals surface area contributed by atoms with Crippen molar-refractivity contribution in [1.82, 2.24) is 4.90 Å². The number of carbonyl (C=O) groups excluding carboxylic acids is 2. The minimum atomic E-state index is -1.61. The Morgan fingerprint density at radius 2 is 2.17 bits per heavy atom. The maximum atomic E-state index is 12.4. The third kappa shape index (κ3) is 4.45. The summed E-state index contributed by atoms with van der Waals surface area (Å²) >= 11 is 0. The fourth-order valence-electron chi connectivity index (χ4n) is 2.74. The number of hydrogen-bond donors (Lipinski definition) is 2. The van der Waals surface area contributed by atoms with Gasteiger partial charge in [0.15, 0.2) is 5.60 Å². The van der Waals surface area contributed by atoms with E-state index in [0.717, 1.165) is 11.3 Å². The third-order valence-electron chi connectivity index (χ3n) is 3.91. The Morgan fingerprint density at radius 1 is 1.43 bits per heavy atom. The molecule has 23 heavy (non-hydrogen) atoms. The largest absolute Gasteiger partial charge is 0.491 e. The van der Waals surface area contributed by atoms with Crippen LogP contribution in [0.25, 0.3) is 0 Å². The van der Waals surface area contributed by atoms with Gasteiger partial charge in [0.1, 0.15) is 5.75 Å². The molecule has 1 aliphatic heterocycles. The van der Waals surface area contributed by atoms with Gasteiger partial charge in [-0.15, -0.1) is 0 Å². The van der Waals surface area contributed by atoms with Gasteiger partial charge in [-0.2, -0.15) is 0 Å². The van der Waals surface area contributed by atoms with Crippen molar-refractivity contribution in [2.24, 2.45) is 5.73 Å². The van der Waals surface area contributed by atoms with Gasteiger partial charge >= 0.3 is 0 Å². The first-order chi connectivity index (χ1) is 10.8. The molecule has 3 N–H and O–H groups in total. The normalized spacial score (nSPS) is 21.3. The maximum absolute atomic E-state index is 12.4. The van der Waals surface area contributed by atoms with Crippen LogP contribution in [-0.2, 0) is 16.0 Å². The molecule has 0 saturated carbocycles. The van der Waals surface area contributed by atoms with Crippen LogP contribution >= 0.6 is 0 Å². The molecule has 6 nitrogen and oxygen atoms in total. The molecule has 0 spiro atoms. The van der Waals surface area contributed by atoms with Crippen molar-refractivity contribution >= 4 is 11.8 Å². The summed E-state index contributed by atoms with van der Waals surface area (Å²) in [6.45, 7) is 4.37. The SMILES string of the molecule is CC(C)Oc1cccc(CC(=O)N2CCC[C@@](O)(C(N)=O)C2)c1. The lowest BCUT2D eigenvalue weighted by Crippen LogP contribution is -2.57. The first-order valence-corrected chi connectivity index (χ1v) is 7.86. The summed E-state index contributed by atoms with van der Waals surface area (Å²) in [4.78, 5) is 25.3. The molecule has 0 aromatic heterocycles. The topological polar surface area (TPSA) is 92.9 Å². The number of hydrogen-bond acceptors (Lipinski definition) is 4. The van der Waals surface area contributed by atoms with Crippen molar-refractivity contribution in [2.45, 2.75) is 44.8 Å². The highest BCUT2D eigenvalue weighted by Gasteiger charge is 2.40. The number of primary amides is 1. The molecule has 1 saturated heterocycles. The number of aliphatic hydroxyl groups is 1. The molecule has 1 aromatic carbocycles. The van der Waals surface area contributed by atoms with E-state index in [1.54, 1.807) is 0 Å². The minimum Gasteiger partial charge on any atom is -0.491 e. The van der Waals surface area contributed by atoms with Crippen molar-refractivity contribution in [3.63, 3.8) is 0 Å². The van der Waals surface area contributed by atoms with E-state index >= 15 is 0 Å². The second-order valence-corrected chi connectivity index (χ2v) is 6.31. The summed E-state index contributed by atoms with van der Waals surface area (Å²) in [6.07, 6.45) is 1.11. The fraction of sp³-hybridized carbons (Fsp3) is 0.529. The Labute approximate surface area is 136 Å². The fourth-order valence-corrected chi connectivity index (χ4v) is 2.74. The summed E-state index contributed by atoms with van der Waals surface area (Å²) in [7, 11) is 0. The van der Waals surface area contributed by atoms with E-state index in [1.165, 1.54) is 4.90 Å². The summed E-state index contributed by atoms with van der Waals surface area (Å²) < 4.78 is 5.62. The number of nitrogens with zero attached hydrogens (tertiary/aromatic N) is 1. The Kier molecular flexibility index (Phi) is 5.26. The van der Waals surface area contributed by atoms with Crippen molar-refractivity contribution in [3.05, 3.63) is 29.8 Å². The zero-order chi connectivity index (χ0) is 17.0. The molecule has 2 rings (SSSR count). The van der Waals surface area contributed by atoms with Gasteiger partial charge in [-0.25, -0.2) is 0 Å². The Hall–Kier alpha value is -2.08. The minimum absolute atomic E-state index is 0.0383. The summed E-state index contributed by atoms with van der Waals surface area (Å²) in [5.41, 5.74) is 4.46. The van der Waals surface area contributed by atoms with Crippen LogP contribution in [0.15, 0.2) is 24.3 Å². The Morgan fingerprint density at radius 3 is 2.83 bits per heavy atom. The van der Waals surface area contributed by atoms with Crippen LogP contribution in [0.1, 0.15) is 32.3 Å². The predicted molar refractivity (Wildman–Crippen MR) is 85.9 cm³/mol. The number of nitrogens with two attached hydrogens (primary N) is 1. The molecule has 126 valence electrons. The van der Waals surface area contributed by atoms with Crippen LogP contribution in [0.3, 0.4) is 0 Å². The molecule has 2 amide bonds. The second kappa shape index (κ2) is 7.00. The highest BCUT2D eigenvalue weighted by molar-refractivity contribution is 5.85. The monoisotopic (exact) mass is 320 g/mol. The molecule has 1 atom stereocenters. The standard InChI is InChI=1S/C17H24N2O4/c1-12(2)23-14-6-3-5-13(9-14)10-15(20)19-8-4-7-17(22,11-19)16(18)21/h3,5-6,9,12,22H,4,7-8,10-11H2,1-2H3,(H2,18,21)/t17-/m0/s1. The highest BCUT2D eigenvalue weighted by Crippen LogP contribution is 2.22. The summed E-state index contributed by atoms with van der Waals surface area (Å²) in [5, 5.41) is 10.2. The van der Waals surface area contributed by atoms with Gasteiger partial charge in [-0.05, 0) is 44.4 Å². The van der Waals surface area contributed by atoms with Gasteiger partial charge in [0, 0.05) is 6.54 Å². The van der Waals surface area contributed by atoms with Crippen molar-refractivity contribution < 1.29 is 19.4 Å². The third-order valence-corrected chi connectivity index (χ3v) is 3.91. The average Bonchev–Trinajstić information content (AvgIpc) is 2.46. The van der Waals surface area contributed by atoms with Crippen LogP contribution in [0.2, 0.25) is 0 Å². The van der Waals surface area contributed by atoms with E-state index in [1.807, 2.05) is 38.1 Å². The van der Waals surface area contributed by atoms with Gasteiger partial charge < -0.3 is 20.5 Å². The van der Waals surface area contributed by atoms with Crippen molar-refractivity contribution in [2.75, 3.05) is 13.1 Å². The van der Waals surface area contributed by atoms with Crippen LogP contribution in [0, 0.1) is 0 Å². The number of β-amino-alcohol motifs (C(OH)–C–C–N with tert-alkyl or cyclic N) is 1. The predicted octanol–water partition coefficient (Wildman–Crippen LogP) is 0.855. The van der Waals surface area contributed by atoms with E-state index in [0.29, 0.717) is 19.4 Å². The number of likely N-dealkylation sites (tertiary alicyclic amines) is 1. The number of ether oxygens (including phenoxy) is 1. The first kappa shape index (κ1) is 17.3. The van der Waals surface area contributed by atoms with Crippen LogP contribution in [0.4, 0.5) is 0 Å². The van der Waals surface area contributed by atoms with Crippen LogP contribution < -0.4 is 10.5 Å². The number of benzene rings is 1. The van der Waals surface area contributed by atoms with Gasteiger partial charge in [-0.3, -0.25) is 9.59 Å². The van der Waals surface area contributed by atoms with Gasteiger partial charge in [0.25, 0.3) is 5.91 Å². The first-order valence-electron chi connectivity index (χ1n) is 7.86. The summed E-state index contributed by atoms with van der Waals surface area (Å²) in [5.74, 6) is -0.189. The average molecular weight is 320 g/mol. The molecule has 1 heterocycles. The molecular formula is C17H24N2O4. The van der Waals surface area contributed by atoms with Gasteiger partial charge in [-0.1, -0.05) is 12.1 Å². The lowest BCUT2D eigenvalue weighted by Gasteiger charge is -2.37. The highest BCUT2D eigenvalue weighted by atomic mass is 16.5. The second-order valence-electron chi connectivity index (χ2n) is 6.31. The quantitative estimate of drug-likeness (QED) is 0.841. The smallest absolute Gasteiger partial charge is 0.251 e. The number of piperidine rings is 1. The Bertz CT molecular complexity index is 588. The van der Waals surface area contributed by atoms with E-state index in [-0.39, 0.29) is 25.0 Å². The van der Waals surface area contributed by atoms with E-state index in [2.05, 4.69) is 0 Å². The molecule has 1 fully saturated rings. The molecule has 1 aromatic rings. The summed E-state index contributed by atoms with van der Waals surface area (Å²) in [6, 6.07) is 7.38. The molecule has 0 bridgehead atoms. The number of rotatable bonds is 5. The lowest BCUT2D eigenvalue weighted by atomic mass is 9.92. The molecule has 0 unspecified atom stereocenters. The van der Waals surface area contributed by atoms with Crippen molar-refractivity contribution in [3.8, 4) is 5.75 Å². The number of amides is 2. The van der Waals surface area contributed by atoms with Gasteiger partial charge in [0.2, 0.25) is 5.91 Å². The van der Waals surface area contributed by atoms with Gasteiger partial charge in [0.05, 0.1) is 19.1 Å². The van der Waals surface area contributed by atoms with Crippen LogP contribution in [-0.4, -0.2) is 46.6 Å². The van der Waals surface area contributed by atoms with E-state index in [4.69, 9.17) is 10.5 Å². The van der Waals surface area contributed by atoms with E-state index < -0.39 is 11.5 Å². The zero-order valence-electron chi connectivity index (χ0n) is 13.6.